The molecule has 1 aromatic heterocycles. The van der Waals surface area contributed by atoms with Crippen LogP contribution in [0.1, 0.15) is 15.9 Å². The number of nitrogens with zero attached hydrogens (tertiary/aromatic N) is 1. The Morgan fingerprint density at radius 3 is 2.40 bits per heavy atom. The van der Waals surface area contributed by atoms with Gasteiger partial charge in [0.05, 0.1) is 10.5 Å². The van der Waals surface area contributed by atoms with E-state index >= 15 is 0 Å². The maximum atomic E-state index is 12.0. The molecule has 0 unspecified atom stereocenters. The van der Waals surface area contributed by atoms with Crippen molar-refractivity contribution < 1.29 is 18.3 Å². The molecule has 0 aliphatic heterocycles. The zero-order chi connectivity index (χ0) is 14.8. The van der Waals surface area contributed by atoms with Gasteiger partial charge in [-0.1, -0.05) is 12.1 Å². The van der Waals surface area contributed by atoms with Crippen molar-refractivity contribution in [1.29, 1.82) is 0 Å². The number of hydrogen-bond donors (Lipinski definition) is 2. The van der Waals surface area contributed by atoms with Crippen LogP contribution in [0.15, 0.2) is 47.6 Å². The van der Waals surface area contributed by atoms with Crippen LogP contribution in [-0.2, 0) is 23.6 Å². The van der Waals surface area contributed by atoms with Gasteiger partial charge in [-0.15, -0.1) is 0 Å². The van der Waals surface area contributed by atoms with Gasteiger partial charge >= 0.3 is 5.97 Å². The molecular formula is C13H14N2O4S. The van der Waals surface area contributed by atoms with Crippen LogP contribution in [-0.4, -0.2) is 24.1 Å². The van der Waals surface area contributed by atoms with Gasteiger partial charge in [0.2, 0.25) is 10.0 Å². The van der Waals surface area contributed by atoms with Crippen LogP contribution < -0.4 is 4.72 Å². The number of nitrogens with one attached hydrogen (secondary N) is 1. The largest absolute Gasteiger partial charge is 0.478 e. The van der Waals surface area contributed by atoms with Crippen LogP contribution >= 0.6 is 0 Å². The van der Waals surface area contributed by atoms with Gasteiger partial charge < -0.3 is 9.67 Å². The van der Waals surface area contributed by atoms with E-state index in [1.807, 2.05) is 0 Å². The lowest BCUT2D eigenvalue weighted by Gasteiger charge is -2.05. The van der Waals surface area contributed by atoms with Gasteiger partial charge in [0.25, 0.3) is 0 Å². The second kappa shape index (κ2) is 5.48. The number of sulfonamides is 1. The molecule has 6 nitrogen and oxygen atoms in total. The first kappa shape index (κ1) is 14.3. The van der Waals surface area contributed by atoms with Crippen molar-refractivity contribution in [3.63, 3.8) is 0 Å². The summed E-state index contributed by atoms with van der Waals surface area (Å²) in [5, 5.41) is 8.77. The lowest BCUT2D eigenvalue weighted by Crippen LogP contribution is -2.22. The maximum Gasteiger partial charge on any atom is 0.335 e. The third-order valence-corrected chi connectivity index (χ3v) is 4.17. The average molecular weight is 294 g/mol. The minimum Gasteiger partial charge on any atom is -0.478 e. The van der Waals surface area contributed by atoms with Crippen molar-refractivity contribution in [1.82, 2.24) is 9.29 Å². The van der Waals surface area contributed by atoms with E-state index in [0.29, 0.717) is 5.56 Å². The van der Waals surface area contributed by atoms with Crippen molar-refractivity contribution >= 4 is 16.0 Å². The Labute approximate surface area is 116 Å². The highest BCUT2D eigenvalue weighted by Crippen LogP contribution is 2.10. The van der Waals surface area contributed by atoms with Crippen LogP contribution in [0, 0.1) is 0 Å². The third kappa shape index (κ3) is 3.25. The van der Waals surface area contributed by atoms with Gasteiger partial charge in [-0.3, -0.25) is 0 Å². The number of carboxylic acids is 1. The van der Waals surface area contributed by atoms with Crippen molar-refractivity contribution in [2.75, 3.05) is 0 Å². The number of benzene rings is 1. The SMILES string of the molecule is Cn1ccc(S(=O)(=O)NCc2ccc(C(=O)O)cc2)c1. The van der Waals surface area contributed by atoms with Crippen LogP contribution in [0.3, 0.4) is 0 Å². The highest BCUT2D eigenvalue weighted by Gasteiger charge is 2.14. The van der Waals surface area contributed by atoms with E-state index in [0.717, 1.165) is 0 Å². The molecule has 0 spiro atoms. The zero-order valence-electron chi connectivity index (χ0n) is 10.8. The standard InChI is InChI=1S/C13H14N2O4S/c1-15-7-6-12(9-15)20(18,19)14-8-10-2-4-11(5-3-10)13(16)17/h2-7,9,14H,8H2,1H3,(H,16,17). The van der Waals surface area contributed by atoms with Gasteiger partial charge in [0.15, 0.2) is 0 Å². The summed E-state index contributed by atoms with van der Waals surface area (Å²) in [5.74, 6) is -1.01. The van der Waals surface area contributed by atoms with Crippen LogP contribution in [0.5, 0.6) is 0 Å². The molecule has 0 radical (unpaired) electrons. The second-order valence-electron chi connectivity index (χ2n) is 4.34. The molecule has 0 saturated heterocycles. The van der Waals surface area contributed by atoms with E-state index in [1.54, 1.807) is 29.9 Å². The molecule has 0 atom stereocenters. The fourth-order valence-corrected chi connectivity index (χ4v) is 2.73. The molecule has 0 aliphatic rings. The lowest BCUT2D eigenvalue weighted by molar-refractivity contribution is 0.0697. The second-order valence-corrected chi connectivity index (χ2v) is 6.11. The van der Waals surface area contributed by atoms with Crippen molar-refractivity contribution in [3.05, 3.63) is 53.9 Å². The fraction of sp³-hybridized carbons (Fsp3) is 0.154. The fourth-order valence-electron chi connectivity index (χ4n) is 1.66. The molecule has 2 N–H and O–H groups in total. The summed E-state index contributed by atoms with van der Waals surface area (Å²) in [6.45, 7) is 0.108. The molecule has 1 aromatic carbocycles. The average Bonchev–Trinajstić information content (AvgIpc) is 2.84. The molecule has 7 heteroatoms. The van der Waals surface area contributed by atoms with E-state index in [1.165, 1.54) is 24.4 Å². The number of aromatic nitrogens is 1. The van der Waals surface area contributed by atoms with Crippen LogP contribution in [0.2, 0.25) is 0 Å². The number of carbonyl (C=O) groups is 1. The molecule has 0 aliphatic carbocycles. The zero-order valence-corrected chi connectivity index (χ0v) is 11.6. The van der Waals surface area contributed by atoms with E-state index in [9.17, 15) is 13.2 Å². The Morgan fingerprint density at radius 2 is 1.90 bits per heavy atom. The van der Waals surface area contributed by atoms with Gasteiger partial charge in [0, 0.05) is 26.0 Å². The minimum atomic E-state index is -3.55. The highest BCUT2D eigenvalue weighted by atomic mass is 32.2. The Morgan fingerprint density at radius 1 is 1.25 bits per heavy atom. The molecule has 20 heavy (non-hydrogen) atoms. The third-order valence-electron chi connectivity index (χ3n) is 2.78. The normalized spacial score (nSPS) is 11.4. The Bertz CT molecular complexity index is 717. The molecule has 106 valence electrons. The van der Waals surface area contributed by atoms with E-state index in [-0.39, 0.29) is 17.0 Å². The first-order valence-electron chi connectivity index (χ1n) is 5.82. The van der Waals surface area contributed by atoms with Crippen LogP contribution in [0.25, 0.3) is 0 Å². The predicted octanol–water partition coefficient (Wildman–Crippen LogP) is 1.20. The van der Waals surface area contributed by atoms with E-state index in [4.69, 9.17) is 5.11 Å². The summed E-state index contributed by atoms with van der Waals surface area (Å²) < 4.78 is 28.1. The smallest absolute Gasteiger partial charge is 0.335 e. The topological polar surface area (TPSA) is 88.4 Å². The molecule has 2 rings (SSSR count). The number of aromatic carboxylic acids is 1. The molecule has 1 heterocycles. The summed E-state index contributed by atoms with van der Waals surface area (Å²) in [6.07, 6.45) is 3.16. The van der Waals surface area contributed by atoms with Gasteiger partial charge in [-0.25, -0.2) is 17.9 Å². The van der Waals surface area contributed by atoms with Crippen LogP contribution in [0.4, 0.5) is 0 Å². The molecule has 0 fully saturated rings. The molecule has 0 bridgehead atoms. The first-order valence-corrected chi connectivity index (χ1v) is 7.31. The quantitative estimate of drug-likeness (QED) is 0.867. The summed E-state index contributed by atoms with van der Waals surface area (Å²) in [4.78, 5) is 10.9. The number of hydrogen-bond acceptors (Lipinski definition) is 3. The van der Waals surface area contributed by atoms with Gasteiger partial charge in [0.1, 0.15) is 0 Å². The molecule has 2 aromatic rings. The summed E-state index contributed by atoms with van der Waals surface area (Å²) in [7, 11) is -1.81. The lowest BCUT2D eigenvalue weighted by atomic mass is 10.1. The predicted molar refractivity (Wildman–Crippen MR) is 72.8 cm³/mol. The minimum absolute atomic E-state index is 0.108. The van der Waals surface area contributed by atoms with Gasteiger partial charge in [-0.05, 0) is 23.8 Å². The van der Waals surface area contributed by atoms with E-state index in [2.05, 4.69) is 4.72 Å². The number of carboxylic acid groups (broad SMARTS) is 1. The van der Waals surface area contributed by atoms with E-state index < -0.39 is 16.0 Å². The molecule has 0 amide bonds. The summed E-state index contributed by atoms with van der Waals surface area (Å²) in [6, 6.07) is 7.55. The molecular weight excluding hydrogens is 280 g/mol. The summed E-state index contributed by atoms with van der Waals surface area (Å²) >= 11 is 0. The Hall–Kier alpha value is -2.12. The first-order chi connectivity index (χ1) is 9.38. The Balaban J connectivity index is 2.06. The van der Waals surface area contributed by atoms with Crippen molar-refractivity contribution in [2.45, 2.75) is 11.4 Å². The van der Waals surface area contributed by atoms with Gasteiger partial charge in [-0.2, -0.15) is 0 Å². The van der Waals surface area contributed by atoms with Crippen molar-refractivity contribution in [2.24, 2.45) is 7.05 Å². The Kier molecular flexibility index (Phi) is 3.91. The summed E-state index contributed by atoms with van der Waals surface area (Å²) in [5.41, 5.74) is 0.856. The monoisotopic (exact) mass is 294 g/mol. The number of rotatable bonds is 5. The maximum absolute atomic E-state index is 12.0. The highest BCUT2D eigenvalue weighted by molar-refractivity contribution is 7.89. The number of aryl methyl sites for hydroxylation is 1. The molecule has 0 saturated carbocycles. The van der Waals surface area contributed by atoms with Crippen molar-refractivity contribution in [3.8, 4) is 0 Å².